The summed E-state index contributed by atoms with van der Waals surface area (Å²) < 4.78 is 1.10. The molecule has 3 heteroatoms. The molecule has 0 spiro atoms. The molecule has 0 fully saturated rings. The Labute approximate surface area is 106 Å². The van der Waals surface area contributed by atoms with Crippen LogP contribution in [0.15, 0.2) is 28.7 Å². The van der Waals surface area contributed by atoms with Gasteiger partial charge in [-0.25, -0.2) is 0 Å². The lowest BCUT2D eigenvalue weighted by molar-refractivity contribution is 0.226. The Balaban J connectivity index is 2.74. The first kappa shape index (κ1) is 13.7. The summed E-state index contributed by atoms with van der Waals surface area (Å²) in [7, 11) is 0. The van der Waals surface area contributed by atoms with Crippen LogP contribution in [-0.4, -0.2) is 17.8 Å². The van der Waals surface area contributed by atoms with Crippen molar-refractivity contribution in [2.24, 2.45) is 0 Å². The number of aliphatic hydroxyl groups excluding tert-OH is 1. The second-order valence-electron chi connectivity index (χ2n) is 3.97. The molecule has 2 nitrogen and oxygen atoms in total. The van der Waals surface area contributed by atoms with Gasteiger partial charge in [-0.15, -0.1) is 0 Å². The summed E-state index contributed by atoms with van der Waals surface area (Å²) in [6, 6.07) is 8.82. The van der Waals surface area contributed by atoms with Gasteiger partial charge in [-0.3, -0.25) is 0 Å². The number of rotatable bonds is 6. The van der Waals surface area contributed by atoms with Crippen LogP contribution >= 0.6 is 15.9 Å². The molecule has 90 valence electrons. The van der Waals surface area contributed by atoms with Crippen LogP contribution in [0, 0.1) is 0 Å². The van der Waals surface area contributed by atoms with E-state index >= 15 is 0 Å². The van der Waals surface area contributed by atoms with Crippen molar-refractivity contribution in [2.45, 2.75) is 38.8 Å². The molecule has 0 aliphatic heterocycles. The van der Waals surface area contributed by atoms with E-state index < -0.39 is 0 Å². The largest absolute Gasteiger partial charge is 0.395 e. The molecule has 1 rings (SSSR count). The number of hydrogen-bond acceptors (Lipinski definition) is 2. The van der Waals surface area contributed by atoms with E-state index in [1.165, 1.54) is 5.56 Å². The van der Waals surface area contributed by atoms with Crippen molar-refractivity contribution in [3.8, 4) is 0 Å². The highest BCUT2D eigenvalue weighted by Crippen LogP contribution is 2.21. The molecule has 1 unspecified atom stereocenters. The average molecular weight is 286 g/mol. The third-order valence-electron chi connectivity index (χ3n) is 2.81. The normalized spacial score (nSPS) is 14.8. The average Bonchev–Trinajstić information content (AvgIpc) is 2.31. The molecule has 1 aromatic carbocycles. The fourth-order valence-electron chi connectivity index (χ4n) is 1.76. The minimum Gasteiger partial charge on any atom is -0.395 e. The van der Waals surface area contributed by atoms with E-state index in [1.807, 2.05) is 12.1 Å². The number of benzene rings is 1. The smallest absolute Gasteiger partial charge is 0.0584 e. The van der Waals surface area contributed by atoms with Crippen LogP contribution in [0.1, 0.15) is 38.3 Å². The SMILES string of the molecule is CCC(N[C@@H](CC)CO)c1cccc(Br)c1. The third-order valence-corrected chi connectivity index (χ3v) is 3.30. The molecule has 0 aliphatic carbocycles. The van der Waals surface area contributed by atoms with Crippen molar-refractivity contribution in [1.29, 1.82) is 0 Å². The van der Waals surface area contributed by atoms with Gasteiger partial charge in [0.2, 0.25) is 0 Å². The van der Waals surface area contributed by atoms with E-state index in [1.54, 1.807) is 0 Å². The zero-order chi connectivity index (χ0) is 12.0. The van der Waals surface area contributed by atoms with E-state index in [0.29, 0.717) is 6.04 Å². The molecule has 0 saturated carbocycles. The van der Waals surface area contributed by atoms with Crippen LogP contribution in [0.3, 0.4) is 0 Å². The number of nitrogens with one attached hydrogen (secondary N) is 1. The Morgan fingerprint density at radius 2 is 2.06 bits per heavy atom. The predicted molar refractivity (Wildman–Crippen MR) is 71.5 cm³/mol. The summed E-state index contributed by atoms with van der Waals surface area (Å²) in [5.41, 5.74) is 1.27. The molecule has 0 heterocycles. The maximum absolute atomic E-state index is 9.20. The summed E-state index contributed by atoms with van der Waals surface area (Å²) in [6.07, 6.45) is 1.97. The maximum Gasteiger partial charge on any atom is 0.0584 e. The van der Waals surface area contributed by atoms with Crippen molar-refractivity contribution in [1.82, 2.24) is 5.32 Å². The van der Waals surface area contributed by atoms with E-state index in [0.717, 1.165) is 17.3 Å². The van der Waals surface area contributed by atoms with Gasteiger partial charge in [0.1, 0.15) is 0 Å². The van der Waals surface area contributed by atoms with Gasteiger partial charge in [-0.2, -0.15) is 0 Å². The zero-order valence-corrected chi connectivity index (χ0v) is 11.5. The molecule has 0 saturated heterocycles. The number of aliphatic hydroxyl groups is 1. The third kappa shape index (κ3) is 3.89. The van der Waals surface area contributed by atoms with Crippen molar-refractivity contribution < 1.29 is 5.11 Å². The van der Waals surface area contributed by atoms with Crippen LogP contribution < -0.4 is 5.32 Å². The van der Waals surface area contributed by atoms with Crippen molar-refractivity contribution in [3.63, 3.8) is 0 Å². The Kier molecular flexibility index (Phi) is 6.03. The minimum atomic E-state index is 0.184. The van der Waals surface area contributed by atoms with Crippen LogP contribution in [0.25, 0.3) is 0 Å². The molecule has 0 amide bonds. The first-order valence-electron chi connectivity index (χ1n) is 5.83. The lowest BCUT2D eigenvalue weighted by atomic mass is 10.0. The molecule has 1 aromatic rings. The van der Waals surface area contributed by atoms with Gasteiger partial charge in [-0.05, 0) is 30.5 Å². The Morgan fingerprint density at radius 3 is 2.56 bits per heavy atom. The molecule has 0 radical (unpaired) electrons. The standard InChI is InChI=1S/C13H20BrNO/c1-3-12(9-16)15-13(4-2)10-6-5-7-11(14)8-10/h5-8,12-13,15-16H,3-4,9H2,1-2H3/t12-,13?/m0/s1. The first-order chi connectivity index (χ1) is 7.71. The van der Waals surface area contributed by atoms with Gasteiger partial charge >= 0.3 is 0 Å². The summed E-state index contributed by atoms with van der Waals surface area (Å²) in [5.74, 6) is 0. The Hall–Kier alpha value is -0.380. The Morgan fingerprint density at radius 1 is 1.31 bits per heavy atom. The molecule has 0 bridgehead atoms. The molecule has 0 aliphatic rings. The highest BCUT2D eigenvalue weighted by atomic mass is 79.9. The quantitative estimate of drug-likeness (QED) is 0.841. The molecule has 0 aromatic heterocycles. The Bertz CT molecular complexity index is 313. The first-order valence-corrected chi connectivity index (χ1v) is 6.62. The molecule has 16 heavy (non-hydrogen) atoms. The molecule has 2 N–H and O–H groups in total. The number of halogens is 1. The summed E-state index contributed by atoms with van der Waals surface area (Å²) in [6.45, 7) is 4.44. The van der Waals surface area contributed by atoms with Gasteiger partial charge in [0.25, 0.3) is 0 Å². The highest BCUT2D eigenvalue weighted by molar-refractivity contribution is 9.10. The van der Waals surface area contributed by atoms with Crippen molar-refractivity contribution in [3.05, 3.63) is 34.3 Å². The number of hydrogen-bond donors (Lipinski definition) is 2. The van der Waals surface area contributed by atoms with Gasteiger partial charge < -0.3 is 10.4 Å². The van der Waals surface area contributed by atoms with Gasteiger partial charge in [-0.1, -0.05) is 41.9 Å². The highest BCUT2D eigenvalue weighted by Gasteiger charge is 2.13. The fourth-order valence-corrected chi connectivity index (χ4v) is 2.17. The lowest BCUT2D eigenvalue weighted by Crippen LogP contribution is -2.34. The second kappa shape index (κ2) is 7.05. The van der Waals surface area contributed by atoms with Crippen molar-refractivity contribution >= 4 is 15.9 Å². The summed E-state index contributed by atoms with van der Waals surface area (Å²) in [5, 5.41) is 12.7. The van der Waals surface area contributed by atoms with E-state index in [4.69, 9.17) is 0 Å². The van der Waals surface area contributed by atoms with Crippen LogP contribution in [0.5, 0.6) is 0 Å². The molecular formula is C13H20BrNO. The lowest BCUT2D eigenvalue weighted by Gasteiger charge is -2.23. The molecule has 2 atom stereocenters. The summed E-state index contributed by atoms with van der Waals surface area (Å²) in [4.78, 5) is 0. The zero-order valence-electron chi connectivity index (χ0n) is 9.91. The molecular weight excluding hydrogens is 266 g/mol. The summed E-state index contributed by atoms with van der Waals surface area (Å²) >= 11 is 3.48. The van der Waals surface area contributed by atoms with Crippen LogP contribution in [-0.2, 0) is 0 Å². The fraction of sp³-hybridized carbons (Fsp3) is 0.538. The van der Waals surface area contributed by atoms with E-state index in [9.17, 15) is 5.11 Å². The van der Waals surface area contributed by atoms with Crippen LogP contribution in [0.4, 0.5) is 0 Å². The maximum atomic E-state index is 9.20. The van der Waals surface area contributed by atoms with Gasteiger partial charge in [0.15, 0.2) is 0 Å². The van der Waals surface area contributed by atoms with Gasteiger partial charge in [0, 0.05) is 16.6 Å². The second-order valence-corrected chi connectivity index (χ2v) is 4.89. The van der Waals surface area contributed by atoms with Gasteiger partial charge in [0.05, 0.1) is 6.61 Å². The van der Waals surface area contributed by atoms with E-state index in [2.05, 4.69) is 47.2 Å². The predicted octanol–water partition coefficient (Wildman–Crippen LogP) is 3.26. The van der Waals surface area contributed by atoms with Crippen LogP contribution in [0.2, 0.25) is 0 Å². The van der Waals surface area contributed by atoms with Crippen molar-refractivity contribution in [2.75, 3.05) is 6.61 Å². The minimum absolute atomic E-state index is 0.184. The monoisotopic (exact) mass is 285 g/mol. The van der Waals surface area contributed by atoms with E-state index in [-0.39, 0.29) is 12.6 Å². The topological polar surface area (TPSA) is 32.3 Å².